The van der Waals surface area contributed by atoms with Crippen LogP contribution < -0.4 is 0 Å². The molecule has 0 saturated carbocycles. The molecule has 0 radical (unpaired) electrons. The molecule has 3 rings (SSSR count). The van der Waals surface area contributed by atoms with Crippen molar-refractivity contribution in [3.8, 4) is 11.1 Å². The Morgan fingerprint density at radius 2 is 1.93 bits per heavy atom. The van der Waals surface area contributed by atoms with Crippen molar-refractivity contribution >= 4 is 38.2 Å². The standard InChI is InChI=1S/C12H8BrNS/c13-12-9(5-6-15-12)10-7-14-11-4-2-1-3-8(10)11/h1-7,14H. The third kappa shape index (κ3) is 1.43. The Bertz CT molecular complexity index is 609. The molecule has 0 spiro atoms. The average Bonchev–Trinajstić information content (AvgIpc) is 2.83. The van der Waals surface area contributed by atoms with Gasteiger partial charge in [-0.15, -0.1) is 11.3 Å². The van der Waals surface area contributed by atoms with E-state index >= 15 is 0 Å². The van der Waals surface area contributed by atoms with E-state index in [9.17, 15) is 0 Å². The Hall–Kier alpha value is -1.06. The molecule has 0 unspecified atom stereocenters. The van der Waals surface area contributed by atoms with Crippen molar-refractivity contribution in [1.82, 2.24) is 4.98 Å². The molecule has 0 aliphatic rings. The summed E-state index contributed by atoms with van der Waals surface area (Å²) in [6.07, 6.45) is 2.07. The highest BCUT2D eigenvalue weighted by Gasteiger charge is 2.08. The van der Waals surface area contributed by atoms with E-state index in [-0.39, 0.29) is 0 Å². The molecule has 15 heavy (non-hydrogen) atoms. The molecule has 1 N–H and O–H groups in total. The Morgan fingerprint density at radius 3 is 2.73 bits per heavy atom. The number of thiophene rings is 1. The van der Waals surface area contributed by atoms with Crippen LogP contribution in [0.25, 0.3) is 22.0 Å². The summed E-state index contributed by atoms with van der Waals surface area (Å²) in [6, 6.07) is 10.5. The number of fused-ring (bicyclic) bond motifs is 1. The maximum Gasteiger partial charge on any atom is 0.0777 e. The fraction of sp³-hybridized carbons (Fsp3) is 0. The molecule has 0 saturated heterocycles. The van der Waals surface area contributed by atoms with E-state index in [0.717, 1.165) is 0 Å². The van der Waals surface area contributed by atoms with Crippen molar-refractivity contribution in [1.29, 1.82) is 0 Å². The van der Waals surface area contributed by atoms with Crippen LogP contribution in [0.5, 0.6) is 0 Å². The molecule has 2 aromatic heterocycles. The fourth-order valence-corrected chi connectivity index (χ4v) is 3.08. The molecule has 1 nitrogen and oxygen atoms in total. The van der Waals surface area contributed by atoms with Crippen LogP contribution in [0, 0.1) is 0 Å². The summed E-state index contributed by atoms with van der Waals surface area (Å²) >= 11 is 5.29. The molecule has 0 aliphatic heterocycles. The van der Waals surface area contributed by atoms with Gasteiger partial charge in [-0.3, -0.25) is 0 Å². The Kier molecular flexibility index (Phi) is 2.15. The minimum absolute atomic E-state index is 1.19. The summed E-state index contributed by atoms with van der Waals surface area (Å²) in [4.78, 5) is 3.29. The van der Waals surface area contributed by atoms with Gasteiger partial charge in [0.05, 0.1) is 3.79 Å². The first-order valence-electron chi connectivity index (χ1n) is 4.66. The first-order valence-corrected chi connectivity index (χ1v) is 6.33. The number of halogens is 1. The van der Waals surface area contributed by atoms with E-state index < -0.39 is 0 Å². The van der Waals surface area contributed by atoms with Crippen LogP contribution in [0.15, 0.2) is 45.7 Å². The number of nitrogens with one attached hydrogen (secondary N) is 1. The monoisotopic (exact) mass is 277 g/mol. The van der Waals surface area contributed by atoms with Crippen molar-refractivity contribution in [3.63, 3.8) is 0 Å². The first-order chi connectivity index (χ1) is 7.36. The Labute approximate surface area is 99.9 Å². The molecule has 0 amide bonds. The maximum atomic E-state index is 3.58. The number of para-hydroxylation sites is 1. The second-order valence-corrected chi connectivity index (χ2v) is 5.59. The highest BCUT2D eigenvalue weighted by molar-refractivity contribution is 9.11. The van der Waals surface area contributed by atoms with E-state index in [1.807, 2.05) is 6.07 Å². The topological polar surface area (TPSA) is 15.8 Å². The zero-order valence-electron chi connectivity index (χ0n) is 7.83. The minimum atomic E-state index is 1.19. The average molecular weight is 278 g/mol. The quantitative estimate of drug-likeness (QED) is 0.666. The Morgan fingerprint density at radius 1 is 1.07 bits per heavy atom. The molecule has 74 valence electrons. The molecule has 3 aromatic rings. The molecule has 1 aromatic carbocycles. The highest BCUT2D eigenvalue weighted by Crippen LogP contribution is 2.36. The summed E-state index contributed by atoms with van der Waals surface area (Å²) in [7, 11) is 0. The second kappa shape index (κ2) is 3.51. The molecule has 3 heteroatoms. The first kappa shape index (κ1) is 9.19. The predicted octanol–water partition coefficient (Wildman–Crippen LogP) is 4.66. The van der Waals surface area contributed by atoms with E-state index in [2.05, 4.69) is 56.8 Å². The lowest BCUT2D eigenvalue weighted by Crippen LogP contribution is -1.70. The maximum absolute atomic E-state index is 3.58. The molecular weight excluding hydrogens is 270 g/mol. The van der Waals surface area contributed by atoms with Crippen LogP contribution in [0.1, 0.15) is 0 Å². The van der Waals surface area contributed by atoms with Gasteiger partial charge in [0.15, 0.2) is 0 Å². The van der Waals surface area contributed by atoms with Gasteiger partial charge >= 0.3 is 0 Å². The van der Waals surface area contributed by atoms with Crippen LogP contribution in [-0.4, -0.2) is 4.98 Å². The third-order valence-corrected chi connectivity index (χ3v) is 4.18. The molecule has 0 fully saturated rings. The number of H-pyrrole nitrogens is 1. The van der Waals surface area contributed by atoms with Crippen molar-refractivity contribution < 1.29 is 0 Å². The van der Waals surface area contributed by atoms with Crippen LogP contribution in [0.2, 0.25) is 0 Å². The highest BCUT2D eigenvalue weighted by atomic mass is 79.9. The zero-order chi connectivity index (χ0) is 10.3. The predicted molar refractivity (Wildman–Crippen MR) is 69.3 cm³/mol. The van der Waals surface area contributed by atoms with Crippen LogP contribution in [0.3, 0.4) is 0 Å². The molecule has 0 aliphatic carbocycles. The zero-order valence-corrected chi connectivity index (χ0v) is 10.2. The lowest BCUT2D eigenvalue weighted by atomic mass is 10.1. The van der Waals surface area contributed by atoms with Gasteiger partial charge in [-0.25, -0.2) is 0 Å². The lowest BCUT2D eigenvalue weighted by Gasteiger charge is -1.96. The van der Waals surface area contributed by atoms with E-state index in [1.165, 1.54) is 25.8 Å². The third-order valence-electron chi connectivity index (χ3n) is 2.50. The summed E-state index contributed by atoms with van der Waals surface area (Å²) in [5.74, 6) is 0. The largest absolute Gasteiger partial charge is 0.361 e. The summed E-state index contributed by atoms with van der Waals surface area (Å²) in [5, 5.41) is 3.37. The van der Waals surface area contributed by atoms with Gasteiger partial charge in [-0.05, 0) is 33.4 Å². The SMILES string of the molecule is Brc1sccc1-c1c[nH]c2ccccc12. The smallest absolute Gasteiger partial charge is 0.0777 e. The van der Waals surface area contributed by atoms with Gasteiger partial charge in [0.25, 0.3) is 0 Å². The Balaban J connectivity index is 2.32. The van der Waals surface area contributed by atoms with Gasteiger partial charge < -0.3 is 4.98 Å². The van der Waals surface area contributed by atoms with E-state index in [0.29, 0.717) is 0 Å². The number of aromatic amines is 1. The lowest BCUT2D eigenvalue weighted by molar-refractivity contribution is 1.48. The van der Waals surface area contributed by atoms with E-state index in [4.69, 9.17) is 0 Å². The minimum Gasteiger partial charge on any atom is -0.361 e. The van der Waals surface area contributed by atoms with Crippen molar-refractivity contribution in [2.75, 3.05) is 0 Å². The van der Waals surface area contributed by atoms with Crippen molar-refractivity contribution in [2.24, 2.45) is 0 Å². The van der Waals surface area contributed by atoms with Crippen molar-refractivity contribution in [2.45, 2.75) is 0 Å². The van der Waals surface area contributed by atoms with Gasteiger partial charge in [0, 0.05) is 28.2 Å². The molecule has 0 atom stereocenters. The van der Waals surface area contributed by atoms with Crippen LogP contribution in [-0.2, 0) is 0 Å². The molecule has 0 bridgehead atoms. The number of benzene rings is 1. The summed E-state index contributed by atoms with van der Waals surface area (Å²) in [5.41, 5.74) is 3.71. The van der Waals surface area contributed by atoms with Crippen LogP contribution >= 0.6 is 27.3 Å². The van der Waals surface area contributed by atoms with Crippen molar-refractivity contribution in [3.05, 3.63) is 45.7 Å². The summed E-state index contributed by atoms with van der Waals surface area (Å²) < 4.78 is 1.19. The summed E-state index contributed by atoms with van der Waals surface area (Å²) in [6.45, 7) is 0. The molecular formula is C12H8BrNS. The van der Waals surface area contributed by atoms with Gasteiger partial charge in [-0.1, -0.05) is 18.2 Å². The van der Waals surface area contributed by atoms with Crippen LogP contribution in [0.4, 0.5) is 0 Å². The second-order valence-electron chi connectivity index (χ2n) is 3.36. The normalized spacial score (nSPS) is 11.0. The molecule has 2 heterocycles. The van der Waals surface area contributed by atoms with Gasteiger partial charge in [0.1, 0.15) is 0 Å². The van der Waals surface area contributed by atoms with Gasteiger partial charge in [-0.2, -0.15) is 0 Å². The number of hydrogen-bond acceptors (Lipinski definition) is 1. The van der Waals surface area contributed by atoms with Gasteiger partial charge in [0.2, 0.25) is 0 Å². The number of rotatable bonds is 1. The number of hydrogen-bond donors (Lipinski definition) is 1. The number of aromatic nitrogens is 1. The fourth-order valence-electron chi connectivity index (χ4n) is 1.78. The van der Waals surface area contributed by atoms with E-state index in [1.54, 1.807) is 11.3 Å².